The molecule has 0 heterocycles. The van der Waals surface area contributed by atoms with E-state index in [1.807, 2.05) is 26.0 Å². The summed E-state index contributed by atoms with van der Waals surface area (Å²) in [4.78, 5) is 24.1. The zero-order valence-electron chi connectivity index (χ0n) is 14.4. The number of hydrogen-bond acceptors (Lipinski definition) is 3. The summed E-state index contributed by atoms with van der Waals surface area (Å²) in [5.41, 5.74) is 8.41. The van der Waals surface area contributed by atoms with E-state index in [0.29, 0.717) is 23.4 Å². The smallest absolute Gasteiger partial charge is 0.255 e. The van der Waals surface area contributed by atoms with Gasteiger partial charge in [-0.25, -0.2) is 0 Å². The van der Waals surface area contributed by atoms with Crippen LogP contribution in [0.2, 0.25) is 0 Å². The Balaban J connectivity index is 0.00000312. The van der Waals surface area contributed by atoms with Gasteiger partial charge in [0.2, 0.25) is 0 Å². The number of halogens is 1. The van der Waals surface area contributed by atoms with E-state index in [9.17, 15) is 9.59 Å². The second-order valence-electron chi connectivity index (χ2n) is 5.90. The van der Waals surface area contributed by atoms with Gasteiger partial charge in [0.05, 0.1) is 0 Å². The first-order valence-corrected chi connectivity index (χ1v) is 8.01. The Kier molecular flexibility index (Phi) is 8.11. The van der Waals surface area contributed by atoms with Gasteiger partial charge in [0, 0.05) is 22.9 Å². The van der Waals surface area contributed by atoms with Crippen LogP contribution in [0.15, 0.2) is 48.5 Å². The Labute approximate surface area is 154 Å². The van der Waals surface area contributed by atoms with Crippen molar-refractivity contribution in [3.05, 3.63) is 65.2 Å². The fourth-order valence-corrected chi connectivity index (χ4v) is 2.24. The van der Waals surface area contributed by atoms with E-state index in [4.69, 9.17) is 5.73 Å². The van der Waals surface area contributed by atoms with E-state index < -0.39 is 0 Å². The number of nitrogens with two attached hydrogens (primary N) is 1. The summed E-state index contributed by atoms with van der Waals surface area (Å²) >= 11 is 0. The summed E-state index contributed by atoms with van der Waals surface area (Å²) < 4.78 is 0. The molecular weight excluding hydrogens is 338 g/mol. The minimum Gasteiger partial charge on any atom is -0.350 e. The van der Waals surface area contributed by atoms with Crippen molar-refractivity contribution in [1.82, 2.24) is 5.32 Å². The lowest BCUT2D eigenvalue weighted by Crippen LogP contribution is -2.30. The van der Waals surface area contributed by atoms with E-state index in [0.717, 1.165) is 12.0 Å². The molecule has 0 radical (unpaired) electrons. The minimum atomic E-state index is -0.186. The van der Waals surface area contributed by atoms with Crippen molar-refractivity contribution in [3.63, 3.8) is 0 Å². The molecule has 2 rings (SSSR count). The lowest BCUT2D eigenvalue weighted by atomic mass is 10.1. The summed E-state index contributed by atoms with van der Waals surface area (Å²) in [6.45, 7) is 4.40. The summed E-state index contributed by atoms with van der Waals surface area (Å²) in [5, 5.41) is 5.65. The van der Waals surface area contributed by atoms with Crippen molar-refractivity contribution in [2.45, 2.75) is 26.3 Å². The third-order valence-electron chi connectivity index (χ3n) is 3.47. The molecule has 0 saturated carbocycles. The normalized spacial score (nSPS) is 10.1. The van der Waals surface area contributed by atoms with Crippen LogP contribution in [-0.4, -0.2) is 24.4 Å². The fourth-order valence-electron chi connectivity index (χ4n) is 2.24. The van der Waals surface area contributed by atoms with Crippen LogP contribution >= 0.6 is 12.4 Å². The van der Waals surface area contributed by atoms with E-state index in [1.54, 1.807) is 36.4 Å². The molecule has 25 heavy (non-hydrogen) atoms. The van der Waals surface area contributed by atoms with Crippen LogP contribution in [0, 0.1) is 0 Å². The van der Waals surface area contributed by atoms with Gasteiger partial charge in [-0.3, -0.25) is 9.59 Å². The van der Waals surface area contributed by atoms with Crippen LogP contribution in [0.1, 0.15) is 40.1 Å². The van der Waals surface area contributed by atoms with Crippen LogP contribution in [0.5, 0.6) is 0 Å². The average Bonchev–Trinajstić information content (AvgIpc) is 2.56. The molecule has 0 fully saturated rings. The summed E-state index contributed by atoms with van der Waals surface area (Å²) in [7, 11) is 0. The number of amides is 2. The number of hydrogen-bond donors (Lipinski definition) is 3. The quantitative estimate of drug-likeness (QED) is 0.739. The lowest BCUT2D eigenvalue weighted by molar-refractivity contribution is 0.0942. The van der Waals surface area contributed by atoms with Crippen molar-refractivity contribution in [1.29, 1.82) is 0 Å². The fraction of sp³-hybridized carbons (Fsp3) is 0.263. The first-order chi connectivity index (χ1) is 11.5. The highest BCUT2D eigenvalue weighted by Gasteiger charge is 2.09. The minimum absolute atomic E-state index is 0. The molecule has 4 N–H and O–H groups in total. The van der Waals surface area contributed by atoms with E-state index >= 15 is 0 Å². The molecule has 0 bridgehead atoms. The molecule has 134 valence electrons. The number of nitrogens with one attached hydrogen (secondary N) is 2. The van der Waals surface area contributed by atoms with Crippen molar-refractivity contribution in [3.8, 4) is 0 Å². The van der Waals surface area contributed by atoms with Crippen molar-refractivity contribution >= 4 is 29.9 Å². The molecule has 0 aliphatic rings. The molecule has 0 saturated heterocycles. The highest BCUT2D eigenvalue weighted by atomic mass is 35.5. The molecular formula is C19H24ClN3O2. The molecule has 0 aromatic heterocycles. The van der Waals surface area contributed by atoms with Crippen molar-refractivity contribution < 1.29 is 9.59 Å². The third-order valence-corrected chi connectivity index (χ3v) is 3.47. The zero-order chi connectivity index (χ0) is 17.5. The molecule has 0 unspecified atom stereocenters. The van der Waals surface area contributed by atoms with Gasteiger partial charge in [-0.1, -0.05) is 12.1 Å². The molecule has 2 aromatic carbocycles. The predicted octanol–water partition coefficient (Wildman–Crippen LogP) is 3.00. The van der Waals surface area contributed by atoms with Gasteiger partial charge in [0.15, 0.2) is 0 Å². The lowest BCUT2D eigenvalue weighted by Gasteiger charge is -2.09. The first-order valence-electron chi connectivity index (χ1n) is 8.01. The van der Waals surface area contributed by atoms with Gasteiger partial charge in [-0.2, -0.15) is 0 Å². The Bertz CT molecular complexity index is 698. The molecule has 2 amide bonds. The topological polar surface area (TPSA) is 84.2 Å². The second kappa shape index (κ2) is 9.81. The maximum Gasteiger partial charge on any atom is 0.255 e. The largest absolute Gasteiger partial charge is 0.350 e. The third kappa shape index (κ3) is 6.21. The average molecular weight is 362 g/mol. The van der Waals surface area contributed by atoms with E-state index in [-0.39, 0.29) is 30.3 Å². The standard InChI is InChI=1S/C19H23N3O2.ClH/c1-13(2)21-18(23)16-7-9-17(10-8-16)22-19(24)15-5-3-14(4-6-15)11-12-20;/h3-10,13H,11-12,20H2,1-2H3,(H,21,23)(H,22,24);1H. The van der Waals surface area contributed by atoms with E-state index in [1.165, 1.54) is 0 Å². The number of carbonyl (C=O) groups excluding carboxylic acids is 2. The maximum absolute atomic E-state index is 12.2. The number of carbonyl (C=O) groups is 2. The van der Waals surface area contributed by atoms with Crippen LogP contribution in [0.3, 0.4) is 0 Å². The SMILES string of the molecule is CC(C)NC(=O)c1ccc(NC(=O)c2ccc(CCN)cc2)cc1.Cl. The monoisotopic (exact) mass is 361 g/mol. The summed E-state index contributed by atoms with van der Waals surface area (Å²) in [5.74, 6) is -0.313. The Morgan fingerprint density at radius 3 is 1.96 bits per heavy atom. The van der Waals surface area contributed by atoms with Gasteiger partial charge in [0.1, 0.15) is 0 Å². The molecule has 0 spiro atoms. The molecule has 0 aliphatic carbocycles. The number of benzene rings is 2. The molecule has 0 aliphatic heterocycles. The van der Waals surface area contributed by atoms with Gasteiger partial charge in [0.25, 0.3) is 11.8 Å². The Hall–Kier alpha value is -2.37. The zero-order valence-corrected chi connectivity index (χ0v) is 15.2. The highest BCUT2D eigenvalue weighted by molar-refractivity contribution is 6.04. The molecule has 2 aromatic rings. The second-order valence-corrected chi connectivity index (χ2v) is 5.90. The van der Waals surface area contributed by atoms with Crippen LogP contribution in [0.4, 0.5) is 5.69 Å². The Morgan fingerprint density at radius 1 is 0.920 bits per heavy atom. The first kappa shape index (κ1) is 20.7. The van der Waals surface area contributed by atoms with E-state index in [2.05, 4.69) is 10.6 Å². The van der Waals surface area contributed by atoms with Crippen molar-refractivity contribution in [2.75, 3.05) is 11.9 Å². The number of rotatable bonds is 6. The van der Waals surface area contributed by atoms with Crippen LogP contribution < -0.4 is 16.4 Å². The van der Waals surface area contributed by atoms with Crippen LogP contribution in [0.25, 0.3) is 0 Å². The highest BCUT2D eigenvalue weighted by Crippen LogP contribution is 2.12. The molecule has 5 nitrogen and oxygen atoms in total. The van der Waals surface area contributed by atoms with Crippen LogP contribution in [-0.2, 0) is 6.42 Å². The number of anilines is 1. The maximum atomic E-state index is 12.2. The van der Waals surface area contributed by atoms with Gasteiger partial charge in [-0.05, 0) is 68.8 Å². The Morgan fingerprint density at radius 2 is 1.44 bits per heavy atom. The summed E-state index contributed by atoms with van der Waals surface area (Å²) in [6, 6.07) is 14.3. The molecule has 0 atom stereocenters. The van der Waals surface area contributed by atoms with Gasteiger partial charge in [-0.15, -0.1) is 12.4 Å². The summed E-state index contributed by atoms with van der Waals surface area (Å²) in [6.07, 6.45) is 0.793. The van der Waals surface area contributed by atoms with Crippen molar-refractivity contribution in [2.24, 2.45) is 5.73 Å². The predicted molar refractivity (Wildman–Crippen MR) is 103 cm³/mol. The molecule has 6 heteroatoms. The van der Waals surface area contributed by atoms with Gasteiger partial charge >= 0.3 is 0 Å². The van der Waals surface area contributed by atoms with Gasteiger partial charge < -0.3 is 16.4 Å².